The van der Waals surface area contributed by atoms with Gasteiger partial charge in [0.15, 0.2) is 5.69 Å². The van der Waals surface area contributed by atoms with E-state index in [0.29, 0.717) is 35.5 Å². The van der Waals surface area contributed by atoms with Crippen LogP contribution in [0.15, 0.2) is 47.7 Å². The largest absolute Gasteiger partial charge is 0.494 e. The number of nitrogens with one attached hydrogen (secondary N) is 2. The topological polar surface area (TPSA) is 196 Å². The van der Waals surface area contributed by atoms with Crippen molar-refractivity contribution in [1.82, 2.24) is 15.1 Å². The lowest BCUT2D eigenvalue weighted by Gasteiger charge is -2.22. The van der Waals surface area contributed by atoms with E-state index >= 15 is 0 Å². The molecule has 1 unspecified atom stereocenters. The zero-order valence-electron chi connectivity index (χ0n) is 22.3. The molecule has 12 heteroatoms. The molecule has 0 radical (unpaired) electrons. The number of benzene rings is 1. The normalized spacial score (nSPS) is 17.6. The van der Waals surface area contributed by atoms with Crippen LogP contribution in [0.25, 0.3) is 11.1 Å². The lowest BCUT2D eigenvalue weighted by atomic mass is 10.0. The molecule has 1 aromatic heterocycles. The number of carbonyl (C=O) groups is 2. The molecule has 2 amide bonds. The highest BCUT2D eigenvalue weighted by atomic mass is 16.5. The van der Waals surface area contributed by atoms with E-state index in [1.165, 1.54) is 26.0 Å². The molecule has 2 fully saturated rings. The molecule has 1 aliphatic heterocycles. The van der Waals surface area contributed by atoms with Gasteiger partial charge in [-0.15, -0.1) is 0 Å². The number of hydrogen-bond acceptors (Lipinski definition) is 9. The van der Waals surface area contributed by atoms with Gasteiger partial charge in [0.25, 0.3) is 5.91 Å². The summed E-state index contributed by atoms with van der Waals surface area (Å²) in [5.41, 5.74) is 18.4. The summed E-state index contributed by atoms with van der Waals surface area (Å²) in [5.74, 6) is 0.484. The fraction of sp³-hybridized carbons (Fsp3) is 0.407. The van der Waals surface area contributed by atoms with Crippen molar-refractivity contribution in [1.29, 1.82) is 5.26 Å². The number of nitriles is 1. The number of nitrogens with zero attached hydrogens (tertiary/aromatic N) is 3. The van der Waals surface area contributed by atoms with Crippen LogP contribution in [0.4, 0.5) is 5.69 Å². The number of rotatable bonds is 10. The van der Waals surface area contributed by atoms with Gasteiger partial charge in [0.05, 0.1) is 31.1 Å². The molecule has 1 aliphatic carbocycles. The molecule has 4 rings (SSSR count). The summed E-state index contributed by atoms with van der Waals surface area (Å²) in [5, 5.41) is 19.4. The number of amides is 2. The average molecular weight is 537 g/mol. The predicted octanol–water partition coefficient (Wildman–Crippen LogP) is 2.03. The van der Waals surface area contributed by atoms with Crippen LogP contribution in [0.3, 0.4) is 0 Å². The molecule has 2 aliphatic rings. The van der Waals surface area contributed by atoms with Crippen LogP contribution in [0.2, 0.25) is 0 Å². The molecule has 2 aromatic rings. The van der Waals surface area contributed by atoms with E-state index in [9.17, 15) is 14.9 Å². The Hall–Kier alpha value is -4.50. The van der Waals surface area contributed by atoms with Crippen molar-refractivity contribution < 1.29 is 19.1 Å². The van der Waals surface area contributed by atoms with Crippen molar-refractivity contribution in [3.8, 4) is 22.9 Å². The standard InChI is InChI=1S/C23H28N8O4.C4H8/c1-34-22-15(16-12-31(30-19(16)10-24)11-14-5-2-3-8-35-14)6-4-7-17(22)29-18(21(26)23(27)33)9-20(25)28-13-32;1-4-2-3-4/h4,6-7,9,12-14,29H,2-3,5,8,11,25-26H2,1H3,(H2,27,33)(H,28,32);4H,2-3H2,1H3/b20-9+,21-18+;. The first-order chi connectivity index (χ1) is 18.8. The highest BCUT2D eigenvalue weighted by molar-refractivity contribution is 5.93. The Balaban J connectivity index is 0.000000960. The zero-order chi connectivity index (χ0) is 28.4. The minimum absolute atomic E-state index is 0.0413. The molecule has 12 nitrogen and oxygen atoms in total. The Morgan fingerprint density at radius 2 is 2.00 bits per heavy atom. The van der Waals surface area contributed by atoms with Crippen molar-refractivity contribution in [2.75, 3.05) is 19.0 Å². The third-order valence-corrected chi connectivity index (χ3v) is 6.26. The van der Waals surface area contributed by atoms with E-state index in [1.807, 2.05) is 0 Å². The number of primary amides is 1. The summed E-state index contributed by atoms with van der Waals surface area (Å²) < 4.78 is 13.1. The molecule has 1 saturated carbocycles. The average Bonchev–Trinajstić information content (AvgIpc) is 3.61. The van der Waals surface area contributed by atoms with Gasteiger partial charge in [-0.2, -0.15) is 10.4 Å². The number of methoxy groups -OCH3 is 1. The number of allylic oxidation sites excluding steroid dienone is 1. The maximum Gasteiger partial charge on any atom is 0.266 e. The first kappa shape index (κ1) is 29.1. The zero-order valence-corrected chi connectivity index (χ0v) is 22.3. The van der Waals surface area contributed by atoms with Crippen molar-refractivity contribution in [3.05, 3.63) is 53.4 Å². The second-order valence-electron chi connectivity index (χ2n) is 9.46. The molecule has 2 heterocycles. The Labute approximate surface area is 227 Å². The van der Waals surface area contributed by atoms with E-state index in [2.05, 4.69) is 28.7 Å². The first-order valence-electron chi connectivity index (χ1n) is 12.8. The summed E-state index contributed by atoms with van der Waals surface area (Å²) in [6, 6.07) is 7.32. The fourth-order valence-electron chi connectivity index (χ4n) is 3.91. The number of aromatic nitrogens is 2. The van der Waals surface area contributed by atoms with Gasteiger partial charge in [-0.05, 0) is 31.2 Å². The number of hydrogen-bond donors (Lipinski definition) is 5. The molecular weight excluding hydrogens is 500 g/mol. The van der Waals surface area contributed by atoms with E-state index in [-0.39, 0.29) is 29.0 Å². The molecular formula is C27H36N8O4. The van der Waals surface area contributed by atoms with Gasteiger partial charge >= 0.3 is 0 Å². The van der Waals surface area contributed by atoms with Crippen molar-refractivity contribution in [2.45, 2.75) is 51.7 Å². The SMILES string of the molecule is CC1CC1.COc1c(NC(/C=C(\N)NC=O)=C(/N)C(N)=O)cccc1-c1cn(CC2CCCCO2)nc1C#N. The molecule has 1 aromatic carbocycles. The van der Waals surface area contributed by atoms with Crippen molar-refractivity contribution in [2.24, 2.45) is 23.1 Å². The quantitative estimate of drug-likeness (QED) is 0.171. The molecule has 1 atom stereocenters. The minimum atomic E-state index is -0.893. The lowest BCUT2D eigenvalue weighted by molar-refractivity contribution is -0.114. The Bertz CT molecular complexity index is 1270. The third kappa shape index (κ3) is 8.24. The predicted molar refractivity (Wildman–Crippen MR) is 146 cm³/mol. The maximum atomic E-state index is 11.7. The van der Waals surface area contributed by atoms with Gasteiger partial charge < -0.3 is 37.3 Å². The third-order valence-electron chi connectivity index (χ3n) is 6.26. The van der Waals surface area contributed by atoms with Crippen molar-refractivity contribution >= 4 is 18.0 Å². The van der Waals surface area contributed by atoms with Gasteiger partial charge in [-0.25, -0.2) is 0 Å². The van der Waals surface area contributed by atoms with Crippen LogP contribution in [-0.4, -0.2) is 41.9 Å². The molecule has 208 valence electrons. The molecule has 1 saturated heterocycles. The van der Waals surface area contributed by atoms with Crippen molar-refractivity contribution in [3.63, 3.8) is 0 Å². The summed E-state index contributed by atoms with van der Waals surface area (Å²) in [6.45, 7) is 3.53. The van der Waals surface area contributed by atoms with Crippen LogP contribution in [-0.2, 0) is 20.9 Å². The van der Waals surface area contributed by atoms with Crippen LogP contribution < -0.4 is 32.6 Å². The fourth-order valence-corrected chi connectivity index (χ4v) is 3.91. The molecule has 39 heavy (non-hydrogen) atoms. The van der Waals surface area contributed by atoms with Gasteiger partial charge in [0, 0.05) is 30.0 Å². The summed E-state index contributed by atoms with van der Waals surface area (Å²) in [6.07, 6.45) is 9.50. The number of carbonyl (C=O) groups excluding carboxylic acids is 2. The molecule has 0 bridgehead atoms. The Morgan fingerprint density at radius 3 is 2.56 bits per heavy atom. The molecule has 0 spiro atoms. The number of anilines is 1. The van der Waals surface area contributed by atoms with E-state index in [0.717, 1.165) is 31.8 Å². The van der Waals surface area contributed by atoms with Gasteiger partial charge in [-0.1, -0.05) is 31.9 Å². The van der Waals surface area contributed by atoms with E-state index < -0.39 is 5.91 Å². The minimum Gasteiger partial charge on any atom is -0.494 e. The summed E-state index contributed by atoms with van der Waals surface area (Å²) in [7, 11) is 1.47. The van der Waals surface area contributed by atoms with E-state index in [4.69, 9.17) is 26.7 Å². The second-order valence-corrected chi connectivity index (χ2v) is 9.46. The van der Waals surface area contributed by atoms with Gasteiger partial charge in [0.1, 0.15) is 23.3 Å². The van der Waals surface area contributed by atoms with E-state index in [1.54, 1.807) is 29.1 Å². The Morgan fingerprint density at radius 1 is 1.26 bits per heavy atom. The first-order valence-corrected chi connectivity index (χ1v) is 12.8. The highest BCUT2D eigenvalue weighted by Crippen LogP contribution is 2.38. The van der Waals surface area contributed by atoms with Gasteiger partial charge in [-0.3, -0.25) is 14.3 Å². The monoisotopic (exact) mass is 536 g/mol. The summed E-state index contributed by atoms with van der Waals surface area (Å²) >= 11 is 0. The maximum absolute atomic E-state index is 11.7. The van der Waals surface area contributed by atoms with Crippen LogP contribution in [0.1, 0.15) is 44.7 Å². The Kier molecular flexibility index (Phi) is 10.3. The smallest absolute Gasteiger partial charge is 0.266 e. The second kappa shape index (κ2) is 13.9. The molecule has 8 N–H and O–H groups in total. The highest BCUT2D eigenvalue weighted by Gasteiger charge is 2.21. The van der Waals surface area contributed by atoms with Crippen LogP contribution in [0, 0.1) is 17.2 Å². The number of ether oxygens (including phenoxy) is 2. The lowest BCUT2D eigenvalue weighted by Crippen LogP contribution is -2.25. The van der Waals surface area contributed by atoms with Gasteiger partial charge in [0.2, 0.25) is 6.41 Å². The van der Waals surface area contributed by atoms with Crippen LogP contribution >= 0.6 is 0 Å². The number of para-hydroxylation sites is 1. The summed E-state index contributed by atoms with van der Waals surface area (Å²) in [4.78, 5) is 22.4. The number of nitrogens with two attached hydrogens (primary N) is 3. The van der Waals surface area contributed by atoms with Crippen LogP contribution in [0.5, 0.6) is 5.75 Å².